The van der Waals surface area contributed by atoms with Crippen molar-refractivity contribution in [1.29, 1.82) is 0 Å². The lowest BCUT2D eigenvalue weighted by molar-refractivity contribution is 0.356. The molecular weight excluding hydrogens is 422 g/mol. The molecule has 0 saturated heterocycles. The molecule has 34 heavy (non-hydrogen) atoms. The number of nitrogens with zero attached hydrogens (tertiary/aromatic N) is 2. The van der Waals surface area contributed by atoms with E-state index in [2.05, 4.69) is 83.1 Å². The van der Waals surface area contributed by atoms with Gasteiger partial charge in [-0.05, 0) is 40.5 Å². The lowest BCUT2D eigenvalue weighted by Crippen LogP contribution is -2.00. The number of benzene rings is 4. The number of hydrogen-bond acceptors (Lipinski definition) is 5. The molecule has 1 N–H and O–H groups in total. The van der Waals surface area contributed by atoms with Crippen LogP contribution >= 0.6 is 0 Å². The Labute approximate surface area is 199 Å². The van der Waals surface area contributed by atoms with Crippen molar-refractivity contribution < 1.29 is 9.47 Å². The smallest absolute Gasteiger partial charge is 0.223 e. The Hall–Kier alpha value is -4.38. The summed E-state index contributed by atoms with van der Waals surface area (Å²) in [5, 5.41) is 3.97. The quantitative estimate of drug-likeness (QED) is 0.314. The van der Waals surface area contributed by atoms with Crippen LogP contribution in [0.5, 0.6) is 11.5 Å². The summed E-state index contributed by atoms with van der Waals surface area (Å²) < 4.78 is 11.0. The molecule has 0 spiro atoms. The van der Waals surface area contributed by atoms with Crippen molar-refractivity contribution in [3.05, 3.63) is 91.0 Å². The second kappa shape index (κ2) is 9.24. The maximum Gasteiger partial charge on any atom is 0.223 e. The van der Waals surface area contributed by atoms with E-state index in [1.54, 1.807) is 14.2 Å². The van der Waals surface area contributed by atoms with Gasteiger partial charge in [-0.15, -0.1) is 0 Å². The number of hydrogen-bond donors (Lipinski definition) is 1. The molecule has 0 aliphatic heterocycles. The van der Waals surface area contributed by atoms with E-state index in [1.807, 2.05) is 25.2 Å². The number of nitrogens with one attached hydrogen (secondary N) is 1. The topological polar surface area (TPSA) is 56.3 Å². The summed E-state index contributed by atoms with van der Waals surface area (Å²) in [4.78, 5) is 9.43. The van der Waals surface area contributed by atoms with E-state index in [0.29, 0.717) is 17.4 Å². The van der Waals surface area contributed by atoms with Gasteiger partial charge in [-0.25, -0.2) is 9.97 Å². The third-order valence-electron chi connectivity index (χ3n) is 5.86. The van der Waals surface area contributed by atoms with Crippen molar-refractivity contribution in [3.8, 4) is 45.0 Å². The minimum absolute atomic E-state index is 0.547. The first-order valence-corrected chi connectivity index (χ1v) is 11.1. The van der Waals surface area contributed by atoms with Crippen molar-refractivity contribution in [2.45, 2.75) is 0 Å². The van der Waals surface area contributed by atoms with Gasteiger partial charge in [0.1, 0.15) is 0 Å². The molecular formula is C29H25N3O2. The Morgan fingerprint density at radius 3 is 1.79 bits per heavy atom. The fourth-order valence-electron chi connectivity index (χ4n) is 4.14. The highest BCUT2D eigenvalue weighted by Crippen LogP contribution is 2.37. The van der Waals surface area contributed by atoms with E-state index in [-0.39, 0.29) is 0 Å². The van der Waals surface area contributed by atoms with Crippen LogP contribution in [-0.4, -0.2) is 31.2 Å². The Bertz CT molecular complexity index is 1470. The predicted molar refractivity (Wildman–Crippen MR) is 138 cm³/mol. The van der Waals surface area contributed by atoms with Crippen molar-refractivity contribution in [3.63, 3.8) is 0 Å². The van der Waals surface area contributed by atoms with Crippen LogP contribution in [0, 0.1) is 0 Å². The second-order valence-corrected chi connectivity index (χ2v) is 7.90. The largest absolute Gasteiger partial charge is 0.493 e. The van der Waals surface area contributed by atoms with Crippen LogP contribution in [0.25, 0.3) is 44.4 Å². The molecule has 5 heteroatoms. The molecule has 0 fully saturated rings. The molecule has 0 saturated carbocycles. The number of aromatic nitrogens is 2. The van der Waals surface area contributed by atoms with Gasteiger partial charge in [-0.2, -0.15) is 0 Å². The minimum atomic E-state index is 0.547. The van der Waals surface area contributed by atoms with E-state index in [0.717, 1.165) is 33.3 Å². The highest BCUT2D eigenvalue weighted by molar-refractivity contribution is 5.96. The Kier molecular flexibility index (Phi) is 5.83. The molecule has 1 heterocycles. The number of ether oxygens (including phenoxy) is 2. The van der Waals surface area contributed by atoms with Gasteiger partial charge in [0.05, 0.1) is 25.4 Å². The van der Waals surface area contributed by atoms with Crippen LogP contribution in [0.3, 0.4) is 0 Å². The summed E-state index contributed by atoms with van der Waals surface area (Å²) in [5.74, 6) is 1.82. The standard InChI is InChI=1S/C29H25N3O2/c1-30-29-31-25-18-27(34-3)26(33-2)17-24(25)28(32-29)23-14-8-13-22(16-23)21-12-7-11-20(15-21)19-9-5-4-6-10-19/h4-18H,1-3H3,(H,30,31,32). The first kappa shape index (κ1) is 21.5. The number of methoxy groups -OCH3 is 2. The van der Waals surface area contributed by atoms with Crippen LogP contribution in [0.15, 0.2) is 91.0 Å². The van der Waals surface area contributed by atoms with Crippen LogP contribution in [0.1, 0.15) is 0 Å². The SMILES string of the molecule is CNc1nc(-c2cccc(-c3cccc(-c4ccccc4)c3)c2)c2cc(OC)c(OC)cc2n1. The lowest BCUT2D eigenvalue weighted by Gasteiger charge is -2.13. The Morgan fingerprint density at radius 1 is 0.588 bits per heavy atom. The summed E-state index contributed by atoms with van der Waals surface area (Å²) in [6.07, 6.45) is 0. The Morgan fingerprint density at radius 2 is 1.15 bits per heavy atom. The van der Waals surface area contributed by atoms with Gasteiger partial charge in [0.2, 0.25) is 5.95 Å². The monoisotopic (exact) mass is 447 g/mol. The lowest BCUT2D eigenvalue weighted by atomic mass is 9.96. The molecule has 168 valence electrons. The first-order chi connectivity index (χ1) is 16.7. The zero-order valence-corrected chi connectivity index (χ0v) is 19.4. The molecule has 0 aliphatic rings. The average Bonchev–Trinajstić information content (AvgIpc) is 2.92. The van der Waals surface area contributed by atoms with E-state index in [4.69, 9.17) is 14.5 Å². The zero-order valence-electron chi connectivity index (χ0n) is 19.4. The molecule has 5 rings (SSSR count). The van der Waals surface area contributed by atoms with E-state index in [1.165, 1.54) is 11.1 Å². The molecule has 0 aliphatic carbocycles. The average molecular weight is 448 g/mol. The molecule has 0 unspecified atom stereocenters. The summed E-state index contributed by atoms with van der Waals surface area (Å²) in [5.41, 5.74) is 7.26. The summed E-state index contributed by atoms with van der Waals surface area (Å²) in [6.45, 7) is 0. The fraction of sp³-hybridized carbons (Fsp3) is 0.103. The van der Waals surface area contributed by atoms with Crippen LogP contribution < -0.4 is 14.8 Å². The van der Waals surface area contributed by atoms with E-state index in [9.17, 15) is 0 Å². The summed E-state index contributed by atoms with van der Waals surface area (Å²) in [6, 6.07) is 31.3. The van der Waals surface area contributed by atoms with Gasteiger partial charge in [-0.1, -0.05) is 66.7 Å². The first-order valence-electron chi connectivity index (χ1n) is 11.1. The normalized spacial score (nSPS) is 10.8. The molecule has 0 atom stereocenters. The maximum atomic E-state index is 5.54. The molecule has 5 aromatic rings. The predicted octanol–water partition coefficient (Wildman–Crippen LogP) is 6.69. The van der Waals surface area contributed by atoms with Crippen molar-refractivity contribution in [1.82, 2.24) is 9.97 Å². The van der Waals surface area contributed by atoms with Crippen molar-refractivity contribution in [2.24, 2.45) is 0 Å². The molecule has 0 radical (unpaired) electrons. The molecule has 4 aromatic carbocycles. The third kappa shape index (κ3) is 4.04. The van der Waals surface area contributed by atoms with Gasteiger partial charge in [0, 0.05) is 24.1 Å². The fourth-order valence-corrected chi connectivity index (χ4v) is 4.14. The van der Waals surface area contributed by atoms with Crippen LogP contribution in [-0.2, 0) is 0 Å². The molecule has 1 aromatic heterocycles. The Balaban J connectivity index is 1.65. The second-order valence-electron chi connectivity index (χ2n) is 7.90. The van der Waals surface area contributed by atoms with Gasteiger partial charge < -0.3 is 14.8 Å². The summed E-state index contributed by atoms with van der Waals surface area (Å²) in [7, 11) is 5.07. The van der Waals surface area contributed by atoms with Gasteiger partial charge in [0.25, 0.3) is 0 Å². The maximum absolute atomic E-state index is 5.54. The highest BCUT2D eigenvalue weighted by atomic mass is 16.5. The minimum Gasteiger partial charge on any atom is -0.493 e. The molecule has 5 nitrogen and oxygen atoms in total. The van der Waals surface area contributed by atoms with Gasteiger partial charge in [-0.3, -0.25) is 0 Å². The number of rotatable bonds is 6. The van der Waals surface area contributed by atoms with Crippen LogP contribution in [0.2, 0.25) is 0 Å². The number of anilines is 1. The van der Waals surface area contributed by atoms with E-state index >= 15 is 0 Å². The summed E-state index contributed by atoms with van der Waals surface area (Å²) >= 11 is 0. The van der Waals surface area contributed by atoms with Crippen LogP contribution in [0.4, 0.5) is 5.95 Å². The van der Waals surface area contributed by atoms with Crippen molar-refractivity contribution >= 4 is 16.9 Å². The number of fused-ring (bicyclic) bond motifs is 1. The highest BCUT2D eigenvalue weighted by Gasteiger charge is 2.15. The van der Waals surface area contributed by atoms with Gasteiger partial charge >= 0.3 is 0 Å². The molecule has 0 amide bonds. The zero-order chi connectivity index (χ0) is 23.5. The molecule has 0 bridgehead atoms. The third-order valence-corrected chi connectivity index (χ3v) is 5.86. The van der Waals surface area contributed by atoms with E-state index < -0.39 is 0 Å². The van der Waals surface area contributed by atoms with Gasteiger partial charge in [0.15, 0.2) is 11.5 Å². The van der Waals surface area contributed by atoms with Crippen molar-refractivity contribution in [2.75, 3.05) is 26.6 Å².